The number of aromatic nitrogens is 1. The van der Waals surface area contributed by atoms with Crippen LogP contribution in [0.1, 0.15) is 37.3 Å². The Balaban J connectivity index is 3.33. The summed E-state index contributed by atoms with van der Waals surface area (Å²) in [6.45, 7) is 3.50. The predicted octanol–water partition coefficient (Wildman–Crippen LogP) is 2.91. The van der Waals surface area contributed by atoms with Gasteiger partial charge in [0.05, 0.1) is 5.56 Å². The van der Waals surface area contributed by atoms with E-state index in [-0.39, 0.29) is 11.5 Å². The van der Waals surface area contributed by atoms with E-state index in [1.807, 2.05) is 0 Å². The van der Waals surface area contributed by atoms with Gasteiger partial charge in [-0.05, 0) is 17.9 Å². The number of pyridine rings is 1. The van der Waals surface area contributed by atoms with Crippen molar-refractivity contribution in [1.82, 2.24) is 4.98 Å². The van der Waals surface area contributed by atoms with Gasteiger partial charge in [0.15, 0.2) is 0 Å². The number of rotatable bonds is 2. The average molecular weight is 219 g/mol. The largest absolute Gasteiger partial charge is 0.416 e. The van der Waals surface area contributed by atoms with Gasteiger partial charge < -0.3 is 4.98 Å². The SMILES string of the molecule is CCC(C)c1c[nH]c(=O)cc1C(F)(F)F. The fourth-order valence-corrected chi connectivity index (χ4v) is 1.36. The molecule has 0 aliphatic rings. The van der Waals surface area contributed by atoms with Crippen LogP contribution in [0.15, 0.2) is 17.1 Å². The number of hydrogen-bond donors (Lipinski definition) is 1. The molecule has 84 valence electrons. The Labute approximate surface area is 85.1 Å². The van der Waals surface area contributed by atoms with E-state index in [0.717, 1.165) is 6.20 Å². The molecule has 0 fully saturated rings. The van der Waals surface area contributed by atoms with Crippen molar-refractivity contribution in [3.63, 3.8) is 0 Å². The number of hydrogen-bond acceptors (Lipinski definition) is 1. The summed E-state index contributed by atoms with van der Waals surface area (Å²) >= 11 is 0. The Hall–Kier alpha value is -1.26. The highest BCUT2D eigenvalue weighted by molar-refractivity contribution is 5.29. The van der Waals surface area contributed by atoms with Gasteiger partial charge in [0, 0.05) is 12.3 Å². The molecule has 5 heteroatoms. The molecule has 0 aliphatic carbocycles. The van der Waals surface area contributed by atoms with Crippen LogP contribution in [0.25, 0.3) is 0 Å². The van der Waals surface area contributed by atoms with Crippen molar-refractivity contribution in [1.29, 1.82) is 0 Å². The van der Waals surface area contributed by atoms with Gasteiger partial charge in [-0.2, -0.15) is 13.2 Å². The lowest BCUT2D eigenvalue weighted by Crippen LogP contribution is -2.17. The topological polar surface area (TPSA) is 32.9 Å². The molecule has 0 spiro atoms. The molecule has 0 aliphatic heterocycles. The summed E-state index contributed by atoms with van der Waals surface area (Å²) in [6, 6.07) is 0.613. The van der Waals surface area contributed by atoms with Crippen LogP contribution in [0, 0.1) is 0 Å². The van der Waals surface area contributed by atoms with Crippen LogP contribution in [0.5, 0.6) is 0 Å². The molecular weight excluding hydrogens is 207 g/mol. The van der Waals surface area contributed by atoms with E-state index in [0.29, 0.717) is 12.5 Å². The average Bonchev–Trinajstić information content (AvgIpc) is 2.15. The summed E-state index contributed by atoms with van der Waals surface area (Å²) in [5, 5.41) is 0. The van der Waals surface area contributed by atoms with E-state index in [1.54, 1.807) is 13.8 Å². The maximum atomic E-state index is 12.6. The fraction of sp³-hybridized carbons (Fsp3) is 0.500. The summed E-state index contributed by atoms with van der Waals surface area (Å²) in [5.41, 5.74) is -1.42. The lowest BCUT2D eigenvalue weighted by molar-refractivity contribution is -0.138. The van der Waals surface area contributed by atoms with Crippen LogP contribution in [-0.4, -0.2) is 4.98 Å². The first kappa shape index (κ1) is 11.8. The van der Waals surface area contributed by atoms with E-state index in [1.165, 1.54) is 0 Å². The summed E-state index contributed by atoms with van der Waals surface area (Å²) in [4.78, 5) is 13.1. The molecule has 0 bridgehead atoms. The summed E-state index contributed by atoms with van der Waals surface area (Å²) in [5.74, 6) is -0.224. The molecule has 0 aromatic carbocycles. The molecule has 1 aromatic rings. The van der Waals surface area contributed by atoms with Gasteiger partial charge in [-0.3, -0.25) is 4.79 Å². The van der Waals surface area contributed by atoms with Crippen molar-refractivity contribution in [3.05, 3.63) is 33.7 Å². The Morgan fingerprint density at radius 2 is 2.07 bits per heavy atom. The Kier molecular flexibility index (Phi) is 3.21. The molecule has 0 amide bonds. The molecule has 2 nitrogen and oxygen atoms in total. The van der Waals surface area contributed by atoms with Crippen LogP contribution in [0.2, 0.25) is 0 Å². The van der Waals surface area contributed by atoms with Crippen molar-refractivity contribution in [3.8, 4) is 0 Å². The van der Waals surface area contributed by atoms with Crippen molar-refractivity contribution >= 4 is 0 Å². The van der Waals surface area contributed by atoms with Crippen LogP contribution < -0.4 is 5.56 Å². The zero-order chi connectivity index (χ0) is 11.6. The Morgan fingerprint density at radius 1 is 1.47 bits per heavy atom. The van der Waals surface area contributed by atoms with E-state index in [2.05, 4.69) is 4.98 Å². The molecule has 0 saturated heterocycles. The minimum atomic E-state index is -4.47. The quantitative estimate of drug-likeness (QED) is 0.815. The Morgan fingerprint density at radius 3 is 2.53 bits per heavy atom. The van der Waals surface area contributed by atoms with Crippen molar-refractivity contribution < 1.29 is 13.2 Å². The van der Waals surface area contributed by atoms with Gasteiger partial charge in [0.25, 0.3) is 0 Å². The predicted molar refractivity (Wildman–Crippen MR) is 50.8 cm³/mol. The second-order valence-electron chi connectivity index (χ2n) is 3.47. The highest BCUT2D eigenvalue weighted by atomic mass is 19.4. The summed E-state index contributed by atoms with van der Waals surface area (Å²) < 4.78 is 37.7. The third-order valence-electron chi connectivity index (χ3n) is 2.41. The highest BCUT2D eigenvalue weighted by Gasteiger charge is 2.34. The minimum Gasteiger partial charge on any atom is -0.329 e. The van der Waals surface area contributed by atoms with Crippen molar-refractivity contribution in [2.75, 3.05) is 0 Å². The van der Waals surface area contributed by atoms with Crippen LogP contribution in [0.4, 0.5) is 13.2 Å². The highest BCUT2D eigenvalue weighted by Crippen LogP contribution is 2.34. The van der Waals surface area contributed by atoms with Gasteiger partial charge in [0.1, 0.15) is 0 Å². The summed E-state index contributed by atoms with van der Waals surface area (Å²) in [6.07, 6.45) is -2.72. The number of H-pyrrole nitrogens is 1. The number of alkyl halides is 3. The van der Waals surface area contributed by atoms with Crippen molar-refractivity contribution in [2.45, 2.75) is 32.4 Å². The zero-order valence-electron chi connectivity index (χ0n) is 8.48. The maximum Gasteiger partial charge on any atom is 0.416 e. The second-order valence-corrected chi connectivity index (χ2v) is 3.47. The molecule has 1 N–H and O–H groups in total. The van der Waals surface area contributed by atoms with E-state index in [4.69, 9.17) is 0 Å². The first-order chi connectivity index (χ1) is 6.86. The monoisotopic (exact) mass is 219 g/mol. The van der Waals surface area contributed by atoms with Crippen molar-refractivity contribution in [2.24, 2.45) is 0 Å². The smallest absolute Gasteiger partial charge is 0.329 e. The van der Waals surface area contributed by atoms with Crippen LogP contribution in [-0.2, 0) is 6.18 Å². The number of halogens is 3. The molecule has 1 atom stereocenters. The zero-order valence-corrected chi connectivity index (χ0v) is 8.48. The first-order valence-corrected chi connectivity index (χ1v) is 4.66. The number of aromatic amines is 1. The maximum absolute atomic E-state index is 12.6. The molecule has 1 heterocycles. The lowest BCUT2D eigenvalue weighted by Gasteiger charge is -2.16. The first-order valence-electron chi connectivity index (χ1n) is 4.66. The molecule has 1 rings (SSSR count). The molecule has 0 saturated carbocycles. The standard InChI is InChI=1S/C10H12F3NO/c1-3-6(2)7-5-14-9(15)4-8(7)10(11,12)13/h4-6H,3H2,1-2H3,(H,14,15). The minimum absolute atomic E-state index is 0.143. The van der Waals surface area contributed by atoms with Gasteiger partial charge in [-0.1, -0.05) is 13.8 Å². The molecule has 1 aromatic heterocycles. The molecular formula is C10H12F3NO. The summed E-state index contributed by atoms with van der Waals surface area (Å²) in [7, 11) is 0. The van der Waals surface area contributed by atoms with E-state index in [9.17, 15) is 18.0 Å². The number of nitrogens with one attached hydrogen (secondary N) is 1. The molecule has 0 radical (unpaired) electrons. The van der Waals surface area contributed by atoms with Crippen LogP contribution >= 0.6 is 0 Å². The molecule has 15 heavy (non-hydrogen) atoms. The third-order valence-corrected chi connectivity index (χ3v) is 2.41. The lowest BCUT2D eigenvalue weighted by atomic mass is 9.95. The second kappa shape index (κ2) is 4.08. The normalized spacial score (nSPS) is 13.9. The van der Waals surface area contributed by atoms with E-state index >= 15 is 0 Å². The Bertz CT molecular complexity index is 394. The van der Waals surface area contributed by atoms with E-state index < -0.39 is 17.3 Å². The van der Waals surface area contributed by atoms with Gasteiger partial charge in [-0.15, -0.1) is 0 Å². The van der Waals surface area contributed by atoms with Crippen LogP contribution in [0.3, 0.4) is 0 Å². The van der Waals surface area contributed by atoms with Gasteiger partial charge in [-0.25, -0.2) is 0 Å². The van der Waals surface area contributed by atoms with Gasteiger partial charge in [0.2, 0.25) is 5.56 Å². The molecule has 1 unspecified atom stereocenters. The fourth-order valence-electron chi connectivity index (χ4n) is 1.36. The van der Waals surface area contributed by atoms with Gasteiger partial charge >= 0.3 is 6.18 Å². The third kappa shape index (κ3) is 2.61.